The Balaban J connectivity index is 1.90. The van der Waals surface area contributed by atoms with Gasteiger partial charge in [0.1, 0.15) is 18.4 Å². The van der Waals surface area contributed by atoms with Crippen LogP contribution in [0.25, 0.3) is 11.5 Å². The molecule has 26 heavy (non-hydrogen) atoms. The molecular weight excluding hydrogens is 346 g/mol. The fourth-order valence-electron chi connectivity index (χ4n) is 2.17. The highest BCUT2D eigenvalue weighted by Crippen LogP contribution is 2.26. The third-order valence-corrected chi connectivity index (χ3v) is 3.37. The second-order valence-corrected chi connectivity index (χ2v) is 5.09. The first kappa shape index (κ1) is 17.0. The largest absolute Gasteiger partial charge is 0.482 e. The molecule has 0 bridgehead atoms. The molecule has 3 aromatic rings. The lowest BCUT2D eigenvalue weighted by molar-refractivity contribution is 0.0619. The van der Waals surface area contributed by atoms with E-state index in [-0.39, 0.29) is 18.1 Å². The first-order valence-corrected chi connectivity index (χ1v) is 7.23. The molecule has 0 unspecified atom stereocenters. The monoisotopic (exact) mass is 357 g/mol. The van der Waals surface area contributed by atoms with Gasteiger partial charge in [-0.1, -0.05) is 35.5 Å². The van der Waals surface area contributed by atoms with E-state index in [4.69, 9.17) is 14.3 Å². The number of hydrogen-bond acceptors (Lipinski definition) is 7. The molecule has 0 aliphatic carbocycles. The van der Waals surface area contributed by atoms with E-state index in [0.717, 1.165) is 17.9 Å². The van der Waals surface area contributed by atoms with Gasteiger partial charge in [0.2, 0.25) is 11.2 Å². The third kappa shape index (κ3) is 3.31. The van der Waals surface area contributed by atoms with Crippen LogP contribution in [-0.4, -0.2) is 27.3 Å². The summed E-state index contributed by atoms with van der Waals surface area (Å²) in [6.45, 7) is 0.137. The Morgan fingerprint density at radius 1 is 1.12 bits per heavy atom. The summed E-state index contributed by atoms with van der Waals surface area (Å²) in [5, 5.41) is 21.5. The van der Waals surface area contributed by atoms with E-state index in [1.807, 2.05) is 30.3 Å². The predicted octanol–water partition coefficient (Wildman–Crippen LogP) is 2.27. The lowest BCUT2D eigenvalue weighted by Gasteiger charge is -2.05. The smallest absolute Gasteiger partial charge is 0.375 e. The highest BCUT2D eigenvalue weighted by atomic mass is 16.5. The van der Waals surface area contributed by atoms with E-state index in [0.29, 0.717) is 0 Å². The molecule has 0 fully saturated rings. The quantitative estimate of drug-likeness (QED) is 0.679. The zero-order valence-corrected chi connectivity index (χ0v) is 13.0. The molecule has 132 valence electrons. The lowest BCUT2D eigenvalue weighted by atomic mass is 10.1. The van der Waals surface area contributed by atoms with Crippen LogP contribution in [0.4, 0.5) is 0 Å². The number of aromatic carboxylic acids is 2. The van der Waals surface area contributed by atoms with Crippen LogP contribution in [0.3, 0.4) is 0 Å². The standard InChI is InChI=1S/C17H11NO8/c19-10-6-11(14-13(16(20)21)15(17(22)23)26-18-14)25-8-12(10)24-7-9-4-2-1-3-5-9/h1-6,8H,7H2,(H,20,21)(H,22,23). The summed E-state index contributed by atoms with van der Waals surface area (Å²) in [7, 11) is 0. The van der Waals surface area contributed by atoms with Gasteiger partial charge in [0.05, 0.1) is 0 Å². The van der Waals surface area contributed by atoms with Gasteiger partial charge >= 0.3 is 11.9 Å². The van der Waals surface area contributed by atoms with Gasteiger partial charge in [-0.2, -0.15) is 0 Å². The minimum absolute atomic E-state index is 0.0866. The summed E-state index contributed by atoms with van der Waals surface area (Å²) in [6.07, 6.45) is 1.00. The van der Waals surface area contributed by atoms with Crippen molar-refractivity contribution in [2.24, 2.45) is 0 Å². The Morgan fingerprint density at radius 3 is 2.46 bits per heavy atom. The Kier molecular flexibility index (Phi) is 4.52. The molecular formula is C17H11NO8. The number of carbonyl (C=O) groups is 2. The second kappa shape index (κ2) is 6.93. The van der Waals surface area contributed by atoms with Crippen LogP contribution in [0, 0.1) is 0 Å². The maximum atomic E-state index is 12.1. The molecule has 0 amide bonds. The molecule has 9 heteroatoms. The average molecular weight is 357 g/mol. The number of ether oxygens (including phenoxy) is 1. The van der Waals surface area contributed by atoms with Crippen LogP contribution in [0.5, 0.6) is 5.75 Å². The molecule has 1 aromatic carbocycles. The van der Waals surface area contributed by atoms with Gasteiger partial charge < -0.3 is 23.9 Å². The summed E-state index contributed by atoms with van der Waals surface area (Å²) < 4.78 is 15.1. The molecule has 0 saturated heterocycles. The molecule has 9 nitrogen and oxygen atoms in total. The number of aromatic nitrogens is 1. The number of nitrogens with zero attached hydrogens (tertiary/aromatic N) is 1. The van der Waals surface area contributed by atoms with Crippen molar-refractivity contribution in [1.82, 2.24) is 5.16 Å². The molecule has 0 aliphatic rings. The highest BCUT2D eigenvalue weighted by molar-refractivity contribution is 6.03. The molecule has 0 spiro atoms. The van der Waals surface area contributed by atoms with Gasteiger partial charge in [0.25, 0.3) is 5.76 Å². The molecule has 0 atom stereocenters. The van der Waals surface area contributed by atoms with E-state index in [9.17, 15) is 19.5 Å². The SMILES string of the molecule is O=C(O)c1onc(-c2cc(=O)c(OCc3ccccc3)co2)c1C(=O)O. The van der Waals surface area contributed by atoms with E-state index < -0.39 is 34.4 Å². The summed E-state index contributed by atoms with van der Waals surface area (Å²) in [5.41, 5.74) is -0.856. The molecule has 0 saturated carbocycles. The van der Waals surface area contributed by atoms with Crippen LogP contribution < -0.4 is 10.2 Å². The van der Waals surface area contributed by atoms with Gasteiger partial charge in [-0.05, 0) is 5.56 Å². The number of carboxylic acids is 2. The normalized spacial score (nSPS) is 10.5. The van der Waals surface area contributed by atoms with Crippen LogP contribution in [0.2, 0.25) is 0 Å². The van der Waals surface area contributed by atoms with E-state index in [1.54, 1.807) is 0 Å². The number of rotatable bonds is 6. The molecule has 0 radical (unpaired) electrons. The van der Waals surface area contributed by atoms with E-state index in [2.05, 4.69) is 9.68 Å². The van der Waals surface area contributed by atoms with Crippen molar-refractivity contribution in [2.45, 2.75) is 6.61 Å². The third-order valence-electron chi connectivity index (χ3n) is 3.37. The number of benzene rings is 1. The van der Waals surface area contributed by atoms with Gasteiger partial charge in [0.15, 0.2) is 11.5 Å². The Morgan fingerprint density at radius 2 is 1.85 bits per heavy atom. The Bertz CT molecular complexity index is 1020. The van der Waals surface area contributed by atoms with Crippen molar-refractivity contribution in [3.8, 4) is 17.2 Å². The number of hydrogen-bond donors (Lipinski definition) is 2. The van der Waals surface area contributed by atoms with Gasteiger partial charge in [-0.3, -0.25) is 4.79 Å². The van der Waals surface area contributed by atoms with Crippen LogP contribution >= 0.6 is 0 Å². The molecule has 2 heterocycles. The van der Waals surface area contributed by atoms with Gasteiger partial charge in [-0.15, -0.1) is 0 Å². The van der Waals surface area contributed by atoms with Crippen molar-refractivity contribution in [2.75, 3.05) is 0 Å². The maximum Gasteiger partial charge on any atom is 0.375 e. The minimum atomic E-state index is -1.61. The molecule has 0 aliphatic heterocycles. The fraction of sp³-hybridized carbons (Fsp3) is 0.0588. The van der Waals surface area contributed by atoms with Crippen LogP contribution in [0.1, 0.15) is 26.5 Å². The summed E-state index contributed by atoms with van der Waals surface area (Å²) in [6, 6.07) is 10.1. The van der Waals surface area contributed by atoms with Gasteiger partial charge in [0, 0.05) is 6.07 Å². The summed E-state index contributed by atoms with van der Waals surface area (Å²) in [4.78, 5) is 34.4. The maximum absolute atomic E-state index is 12.1. The molecule has 2 N–H and O–H groups in total. The minimum Gasteiger partial charge on any atom is -0.482 e. The molecule has 3 rings (SSSR count). The topological polar surface area (TPSA) is 140 Å². The summed E-state index contributed by atoms with van der Waals surface area (Å²) in [5.74, 6) is -4.39. The first-order chi connectivity index (χ1) is 12.5. The zero-order chi connectivity index (χ0) is 18.7. The van der Waals surface area contributed by atoms with Crippen molar-refractivity contribution in [1.29, 1.82) is 0 Å². The Hall–Kier alpha value is -3.88. The predicted molar refractivity (Wildman–Crippen MR) is 85.2 cm³/mol. The van der Waals surface area contributed by atoms with Crippen molar-refractivity contribution in [3.05, 3.63) is 69.8 Å². The zero-order valence-electron chi connectivity index (χ0n) is 13.0. The fourth-order valence-corrected chi connectivity index (χ4v) is 2.17. The lowest BCUT2D eigenvalue weighted by Crippen LogP contribution is -2.09. The van der Waals surface area contributed by atoms with Crippen molar-refractivity contribution < 1.29 is 33.5 Å². The number of carboxylic acid groups (broad SMARTS) is 2. The summed E-state index contributed by atoms with van der Waals surface area (Å²) >= 11 is 0. The van der Waals surface area contributed by atoms with Crippen LogP contribution in [0.15, 0.2) is 56.4 Å². The highest BCUT2D eigenvalue weighted by Gasteiger charge is 2.29. The first-order valence-electron chi connectivity index (χ1n) is 7.23. The van der Waals surface area contributed by atoms with Crippen molar-refractivity contribution >= 4 is 11.9 Å². The van der Waals surface area contributed by atoms with Crippen LogP contribution in [-0.2, 0) is 6.61 Å². The van der Waals surface area contributed by atoms with E-state index >= 15 is 0 Å². The van der Waals surface area contributed by atoms with Crippen molar-refractivity contribution in [3.63, 3.8) is 0 Å². The average Bonchev–Trinajstić information content (AvgIpc) is 3.07. The van der Waals surface area contributed by atoms with E-state index in [1.165, 1.54) is 0 Å². The Labute approximate surface area is 145 Å². The molecule has 2 aromatic heterocycles. The second-order valence-electron chi connectivity index (χ2n) is 5.09. The van der Waals surface area contributed by atoms with Gasteiger partial charge in [-0.25, -0.2) is 9.59 Å².